The summed E-state index contributed by atoms with van der Waals surface area (Å²) >= 11 is 6.75. The fourth-order valence-electron chi connectivity index (χ4n) is 1.86. The number of hydrogen-bond acceptors (Lipinski definition) is 6. The van der Waals surface area contributed by atoms with Crippen LogP contribution >= 0.6 is 22.9 Å². The second kappa shape index (κ2) is 7.41. The minimum Gasteiger partial charge on any atom is -0.451 e. The van der Waals surface area contributed by atoms with Gasteiger partial charge in [-0.15, -0.1) is 11.3 Å². The molecule has 2 aromatic rings. The molecule has 9 heteroatoms. The molecule has 0 aliphatic carbocycles. The maximum Gasteiger partial charge on any atom is 0.348 e. The van der Waals surface area contributed by atoms with Crippen LogP contribution in [-0.4, -0.2) is 23.4 Å². The molecule has 0 aliphatic heterocycles. The highest BCUT2D eigenvalue weighted by Crippen LogP contribution is 2.28. The third-order valence-corrected chi connectivity index (χ3v) is 4.40. The van der Waals surface area contributed by atoms with E-state index >= 15 is 0 Å². The zero-order chi connectivity index (χ0) is 17.9. The lowest BCUT2D eigenvalue weighted by atomic mass is 10.1. The first-order valence-corrected chi connectivity index (χ1v) is 7.95. The van der Waals surface area contributed by atoms with Gasteiger partial charge in [0.05, 0.1) is 9.26 Å². The highest BCUT2D eigenvalue weighted by atomic mass is 35.5. The van der Waals surface area contributed by atoms with Gasteiger partial charge >= 0.3 is 5.97 Å². The number of nitrogens with zero attached hydrogens (tertiary/aromatic N) is 1. The number of ether oxygens (including phenoxy) is 1. The average Bonchev–Trinajstić information content (AvgIpc) is 2.94. The number of esters is 1. The quantitative estimate of drug-likeness (QED) is 0.492. The predicted octanol–water partition coefficient (Wildman–Crippen LogP) is 3.72. The normalized spacial score (nSPS) is 10.3. The van der Waals surface area contributed by atoms with Gasteiger partial charge in [0.25, 0.3) is 11.6 Å². The van der Waals surface area contributed by atoms with Crippen molar-refractivity contribution in [3.63, 3.8) is 0 Å². The van der Waals surface area contributed by atoms with E-state index in [1.54, 1.807) is 19.9 Å². The van der Waals surface area contributed by atoms with Crippen LogP contribution in [0.2, 0.25) is 4.34 Å². The van der Waals surface area contributed by atoms with Gasteiger partial charge in [0.15, 0.2) is 6.61 Å². The third-order valence-electron chi connectivity index (χ3n) is 3.19. The van der Waals surface area contributed by atoms with Crippen LogP contribution in [0, 0.1) is 24.0 Å². The Balaban J connectivity index is 2.03. The van der Waals surface area contributed by atoms with Gasteiger partial charge in [-0.25, -0.2) is 4.79 Å². The molecule has 1 amide bonds. The molecule has 0 saturated heterocycles. The Hall–Kier alpha value is -2.45. The van der Waals surface area contributed by atoms with E-state index < -0.39 is 23.4 Å². The summed E-state index contributed by atoms with van der Waals surface area (Å²) in [6, 6.07) is 5.92. The van der Waals surface area contributed by atoms with Gasteiger partial charge in [0.1, 0.15) is 10.6 Å². The minimum atomic E-state index is -0.684. The zero-order valence-electron chi connectivity index (χ0n) is 12.8. The molecule has 1 heterocycles. The van der Waals surface area contributed by atoms with E-state index in [0.717, 1.165) is 22.5 Å². The Labute approximate surface area is 146 Å². The van der Waals surface area contributed by atoms with Crippen molar-refractivity contribution in [1.82, 2.24) is 0 Å². The molecular formula is C15H13ClN2O5S. The van der Waals surface area contributed by atoms with Gasteiger partial charge in [-0.3, -0.25) is 14.9 Å². The van der Waals surface area contributed by atoms with E-state index in [4.69, 9.17) is 16.3 Å². The summed E-state index contributed by atoms with van der Waals surface area (Å²) in [4.78, 5) is 34.4. The SMILES string of the molecule is Cc1cc(NC(=O)COC(=O)c2ccc(Cl)s2)c([N+](=O)[O-])cc1C. The first kappa shape index (κ1) is 17.9. The number of benzene rings is 1. The highest BCUT2D eigenvalue weighted by molar-refractivity contribution is 7.17. The van der Waals surface area contributed by atoms with Gasteiger partial charge in [-0.2, -0.15) is 0 Å². The molecule has 1 aromatic carbocycles. The van der Waals surface area contributed by atoms with E-state index in [1.165, 1.54) is 18.2 Å². The smallest absolute Gasteiger partial charge is 0.348 e. The van der Waals surface area contributed by atoms with E-state index in [1.807, 2.05) is 0 Å². The second-order valence-electron chi connectivity index (χ2n) is 4.94. The number of nitro groups is 1. The largest absolute Gasteiger partial charge is 0.451 e. The summed E-state index contributed by atoms with van der Waals surface area (Å²) in [5.74, 6) is -1.35. The molecule has 0 atom stereocenters. The fraction of sp³-hybridized carbons (Fsp3) is 0.200. The monoisotopic (exact) mass is 368 g/mol. The Bertz CT molecular complexity index is 818. The van der Waals surface area contributed by atoms with Crippen LogP contribution in [0.5, 0.6) is 0 Å². The molecular weight excluding hydrogens is 356 g/mol. The first-order chi connectivity index (χ1) is 11.3. The summed E-state index contributed by atoms with van der Waals surface area (Å²) in [6.45, 7) is 2.95. The molecule has 2 rings (SSSR count). The number of nitrogens with one attached hydrogen (secondary N) is 1. The van der Waals surface area contributed by atoms with Crippen molar-refractivity contribution in [1.29, 1.82) is 0 Å². The number of nitro benzene ring substituents is 1. The van der Waals surface area contributed by atoms with Crippen molar-refractivity contribution in [3.8, 4) is 0 Å². The lowest BCUT2D eigenvalue weighted by Gasteiger charge is -2.09. The molecule has 126 valence electrons. The van der Waals surface area contributed by atoms with Crippen molar-refractivity contribution in [2.75, 3.05) is 11.9 Å². The van der Waals surface area contributed by atoms with Gasteiger partial charge < -0.3 is 10.1 Å². The van der Waals surface area contributed by atoms with Crippen LogP contribution in [0.15, 0.2) is 24.3 Å². The lowest BCUT2D eigenvalue weighted by molar-refractivity contribution is -0.384. The maximum atomic E-state index is 11.9. The Morgan fingerprint density at radius 3 is 2.54 bits per heavy atom. The highest BCUT2D eigenvalue weighted by Gasteiger charge is 2.19. The second-order valence-corrected chi connectivity index (χ2v) is 6.65. The number of aryl methyl sites for hydroxylation is 2. The molecule has 0 unspecified atom stereocenters. The van der Waals surface area contributed by atoms with E-state index in [-0.39, 0.29) is 16.3 Å². The molecule has 0 fully saturated rings. The molecule has 0 bridgehead atoms. The van der Waals surface area contributed by atoms with Crippen LogP contribution in [0.25, 0.3) is 0 Å². The Morgan fingerprint density at radius 1 is 1.29 bits per heavy atom. The zero-order valence-corrected chi connectivity index (χ0v) is 14.4. The number of hydrogen-bond donors (Lipinski definition) is 1. The van der Waals surface area contributed by atoms with Crippen molar-refractivity contribution in [2.24, 2.45) is 0 Å². The molecule has 7 nitrogen and oxygen atoms in total. The summed E-state index contributed by atoms with van der Waals surface area (Å²) < 4.78 is 5.29. The molecule has 1 aromatic heterocycles. The maximum absolute atomic E-state index is 11.9. The summed E-state index contributed by atoms with van der Waals surface area (Å²) in [5.41, 5.74) is 1.37. The average molecular weight is 369 g/mol. The fourth-order valence-corrected chi connectivity index (χ4v) is 2.80. The number of carbonyl (C=O) groups is 2. The molecule has 0 saturated carbocycles. The number of halogens is 1. The number of amides is 1. The van der Waals surface area contributed by atoms with Gasteiger partial charge in [0, 0.05) is 6.07 Å². The molecule has 1 N–H and O–H groups in total. The van der Waals surface area contributed by atoms with Gasteiger partial charge in [-0.1, -0.05) is 11.6 Å². The number of rotatable bonds is 5. The van der Waals surface area contributed by atoms with E-state index in [0.29, 0.717) is 4.34 Å². The van der Waals surface area contributed by atoms with Gasteiger partial charge in [-0.05, 0) is 43.2 Å². The first-order valence-electron chi connectivity index (χ1n) is 6.76. The summed E-state index contributed by atoms with van der Waals surface area (Å²) in [7, 11) is 0. The van der Waals surface area contributed by atoms with Crippen LogP contribution in [0.3, 0.4) is 0 Å². The molecule has 24 heavy (non-hydrogen) atoms. The van der Waals surface area contributed by atoms with Crippen molar-refractivity contribution >= 4 is 46.2 Å². The Kier molecular flexibility index (Phi) is 5.53. The van der Waals surface area contributed by atoms with E-state index in [9.17, 15) is 19.7 Å². The van der Waals surface area contributed by atoms with Crippen LogP contribution < -0.4 is 5.32 Å². The predicted molar refractivity (Wildman–Crippen MR) is 90.8 cm³/mol. The Morgan fingerprint density at radius 2 is 1.96 bits per heavy atom. The van der Waals surface area contributed by atoms with E-state index in [2.05, 4.69) is 5.32 Å². The molecule has 0 spiro atoms. The summed E-state index contributed by atoms with van der Waals surface area (Å²) in [5, 5.41) is 13.5. The molecule has 0 aliphatic rings. The lowest BCUT2D eigenvalue weighted by Crippen LogP contribution is -2.21. The van der Waals surface area contributed by atoms with Crippen LogP contribution in [0.1, 0.15) is 20.8 Å². The number of carbonyl (C=O) groups excluding carboxylic acids is 2. The van der Waals surface area contributed by atoms with Gasteiger partial charge in [0.2, 0.25) is 0 Å². The standard InChI is InChI=1S/C15H13ClN2O5S/c1-8-5-10(11(18(21)22)6-9(8)2)17-14(19)7-23-15(20)12-3-4-13(16)24-12/h3-6H,7H2,1-2H3,(H,17,19). The van der Waals surface area contributed by atoms with Crippen molar-refractivity contribution in [3.05, 3.63) is 54.7 Å². The minimum absolute atomic E-state index is 0.0586. The van der Waals surface area contributed by atoms with Crippen LogP contribution in [0.4, 0.5) is 11.4 Å². The number of anilines is 1. The topological polar surface area (TPSA) is 98.5 Å². The summed E-state index contributed by atoms with van der Waals surface area (Å²) in [6.07, 6.45) is 0. The van der Waals surface area contributed by atoms with Crippen molar-refractivity contribution in [2.45, 2.75) is 13.8 Å². The van der Waals surface area contributed by atoms with Crippen molar-refractivity contribution < 1.29 is 19.2 Å². The number of thiophene rings is 1. The molecule has 0 radical (unpaired) electrons. The van der Waals surface area contributed by atoms with Crippen LogP contribution in [-0.2, 0) is 9.53 Å². The third kappa shape index (κ3) is 4.30.